The minimum absolute atomic E-state index is 0.453. The number of hydrogen-bond acceptors (Lipinski definition) is 6. The second-order valence-electron chi connectivity index (χ2n) is 4.10. The molecular formula is C13H18N4O2. The van der Waals surface area contributed by atoms with Gasteiger partial charge in [0.1, 0.15) is 17.9 Å². The molecule has 0 atom stereocenters. The summed E-state index contributed by atoms with van der Waals surface area (Å²) in [5, 5.41) is 4.10. The summed E-state index contributed by atoms with van der Waals surface area (Å²) in [6, 6.07) is 3.77. The van der Waals surface area contributed by atoms with Gasteiger partial charge in [0.25, 0.3) is 0 Å². The monoisotopic (exact) mass is 262 g/mol. The second kappa shape index (κ2) is 6.19. The van der Waals surface area contributed by atoms with E-state index in [9.17, 15) is 0 Å². The third-order valence-electron chi connectivity index (χ3n) is 2.83. The standard InChI is InChI=1S/C13H18N4O2/c1-18-5-3-4-15-11-7-10-9(6-12(11)19-2)13(14)17-8-16-10/h6-8,15H,3-5H2,1-2H3,(H2,14,16,17). The number of nitrogens with one attached hydrogen (secondary N) is 1. The largest absolute Gasteiger partial charge is 0.495 e. The van der Waals surface area contributed by atoms with Crippen LogP contribution in [0.1, 0.15) is 6.42 Å². The Labute approximate surface area is 111 Å². The minimum atomic E-state index is 0.453. The van der Waals surface area contributed by atoms with Crippen LogP contribution in [0.5, 0.6) is 5.75 Å². The van der Waals surface area contributed by atoms with Gasteiger partial charge in [-0.05, 0) is 18.6 Å². The van der Waals surface area contributed by atoms with Gasteiger partial charge in [0.2, 0.25) is 0 Å². The molecule has 1 aromatic carbocycles. The lowest BCUT2D eigenvalue weighted by Crippen LogP contribution is -2.06. The van der Waals surface area contributed by atoms with E-state index >= 15 is 0 Å². The van der Waals surface area contributed by atoms with Gasteiger partial charge in [-0.1, -0.05) is 0 Å². The summed E-state index contributed by atoms with van der Waals surface area (Å²) >= 11 is 0. The van der Waals surface area contributed by atoms with Crippen molar-refractivity contribution in [3.63, 3.8) is 0 Å². The highest BCUT2D eigenvalue weighted by atomic mass is 16.5. The van der Waals surface area contributed by atoms with Crippen LogP contribution in [-0.4, -0.2) is 37.3 Å². The van der Waals surface area contributed by atoms with Gasteiger partial charge in [0.05, 0.1) is 18.3 Å². The summed E-state index contributed by atoms with van der Waals surface area (Å²) < 4.78 is 10.4. The van der Waals surface area contributed by atoms with Crippen LogP contribution in [-0.2, 0) is 4.74 Å². The molecule has 0 amide bonds. The third kappa shape index (κ3) is 3.03. The Morgan fingerprint density at radius 2 is 2.11 bits per heavy atom. The van der Waals surface area contributed by atoms with Crippen LogP contribution in [0.25, 0.3) is 10.9 Å². The molecule has 0 bridgehead atoms. The number of benzene rings is 1. The first-order chi connectivity index (χ1) is 9.26. The third-order valence-corrected chi connectivity index (χ3v) is 2.83. The minimum Gasteiger partial charge on any atom is -0.495 e. The van der Waals surface area contributed by atoms with Crippen LogP contribution >= 0.6 is 0 Å². The lowest BCUT2D eigenvalue weighted by molar-refractivity contribution is 0.197. The Bertz CT molecular complexity index is 560. The molecule has 0 radical (unpaired) electrons. The van der Waals surface area contributed by atoms with Gasteiger partial charge in [-0.3, -0.25) is 0 Å². The molecule has 0 aliphatic heterocycles. The molecule has 2 rings (SSSR count). The van der Waals surface area contributed by atoms with Crippen LogP contribution in [0.4, 0.5) is 11.5 Å². The smallest absolute Gasteiger partial charge is 0.142 e. The predicted molar refractivity (Wildman–Crippen MR) is 75.5 cm³/mol. The zero-order valence-electron chi connectivity index (χ0n) is 11.1. The first kappa shape index (κ1) is 13.4. The van der Waals surface area contributed by atoms with Gasteiger partial charge >= 0.3 is 0 Å². The fraction of sp³-hybridized carbons (Fsp3) is 0.385. The van der Waals surface area contributed by atoms with Crippen molar-refractivity contribution in [2.75, 3.05) is 38.4 Å². The Morgan fingerprint density at radius 1 is 1.26 bits per heavy atom. The van der Waals surface area contributed by atoms with Crippen molar-refractivity contribution in [2.24, 2.45) is 0 Å². The van der Waals surface area contributed by atoms with Crippen LogP contribution in [0.2, 0.25) is 0 Å². The predicted octanol–water partition coefficient (Wildman–Crippen LogP) is 1.67. The molecule has 0 fully saturated rings. The van der Waals surface area contributed by atoms with E-state index in [1.54, 1.807) is 14.2 Å². The number of hydrogen-bond donors (Lipinski definition) is 2. The SMILES string of the molecule is COCCCNc1cc2ncnc(N)c2cc1OC. The van der Waals surface area contributed by atoms with Crippen molar-refractivity contribution in [2.45, 2.75) is 6.42 Å². The molecule has 6 heteroatoms. The van der Waals surface area contributed by atoms with Gasteiger partial charge < -0.3 is 20.5 Å². The van der Waals surface area contributed by atoms with Crippen molar-refractivity contribution in [3.8, 4) is 5.75 Å². The fourth-order valence-electron chi connectivity index (χ4n) is 1.85. The molecule has 0 saturated heterocycles. The average molecular weight is 262 g/mol. The number of fused-ring (bicyclic) bond motifs is 1. The normalized spacial score (nSPS) is 10.6. The van der Waals surface area contributed by atoms with E-state index in [1.165, 1.54) is 6.33 Å². The van der Waals surface area contributed by atoms with E-state index in [-0.39, 0.29) is 0 Å². The molecule has 0 aliphatic carbocycles. The van der Waals surface area contributed by atoms with Crippen LogP contribution in [0, 0.1) is 0 Å². The van der Waals surface area contributed by atoms with Crippen molar-refractivity contribution >= 4 is 22.4 Å². The Hall–Kier alpha value is -2.08. The number of methoxy groups -OCH3 is 2. The van der Waals surface area contributed by atoms with Gasteiger partial charge in [-0.25, -0.2) is 9.97 Å². The molecule has 102 valence electrons. The topological polar surface area (TPSA) is 82.3 Å². The lowest BCUT2D eigenvalue weighted by atomic mass is 10.2. The first-order valence-corrected chi connectivity index (χ1v) is 6.07. The number of nitrogens with zero attached hydrogens (tertiary/aromatic N) is 2. The summed E-state index contributed by atoms with van der Waals surface area (Å²) in [7, 11) is 3.32. The number of ether oxygens (including phenoxy) is 2. The van der Waals surface area contributed by atoms with E-state index in [2.05, 4.69) is 15.3 Å². The summed E-state index contributed by atoms with van der Waals surface area (Å²) in [6.07, 6.45) is 2.38. The maximum atomic E-state index is 5.83. The molecule has 1 heterocycles. The molecule has 0 unspecified atom stereocenters. The summed E-state index contributed by atoms with van der Waals surface area (Å²) in [5.41, 5.74) is 7.51. The molecular weight excluding hydrogens is 244 g/mol. The van der Waals surface area contributed by atoms with Gasteiger partial charge in [0.15, 0.2) is 0 Å². The Morgan fingerprint density at radius 3 is 2.84 bits per heavy atom. The molecule has 0 spiro atoms. The zero-order chi connectivity index (χ0) is 13.7. The molecule has 19 heavy (non-hydrogen) atoms. The maximum absolute atomic E-state index is 5.83. The van der Waals surface area contributed by atoms with E-state index in [1.807, 2.05) is 12.1 Å². The lowest BCUT2D eigenvalue weighted by Gasteiger charge is -2.12. The van der Waals surface area contributed by atoms with E-state index in [0.717, 1.165) is 41.9 Å². The average Bonchev–Trinajstić information content (AvgIpc) is 2.43. The maximum Gasteiger partial charge on any atom is 0.142 e. The molecule has 1 aromatic heterocycles. The number of nitrogen functional groups attached to an aromatic ring is 1. The number of anilines is 2. The Balaban J connectivity index is 2.27. The highest BCUT2D eigenvalue weighted by molar-refractivity contribution is 5.92. The van der Waals surface area contributed by atoms with Gasteiger partial charge in [-0.15, -0.1) is 0 Å². The van der Waals surface area contributed by atoms with Crippen molar-refractivity contribution in [1.82, 2.24) is 9.97 Å². The van der Waals surface area contributed by atoms with Crippen molar-refractivity contribution in [3.05, 3.63) is 18.5 Å². The summed E-state index contributed by atoms with van der Waals surface area (Å²) in [5.74, 6) is 1.18. The summed E-state index contributed by atoms with van der Waals surface area (Å²) in [4.78, 5) is 8.18. The van der Waals surface area contributed by atoms with Crippen molar-refractivity contribution in [1.29, 1.82) is 0 Å². The number of nitrogens with two attached hydrogens (primary N) is 1. The fourth-order valence-corrected chi connectivity index (χ4v) is 1.85. The zero-order valence-corrected chi connectivity index (χ0v) is 11.1. The first-order valence-electron chi connectivity index (χ1n) is 6.07. The number of aromatic nitrogens is 2. The Kier molecular flexibility index (Phi) is 4.35. The van der Waals surface area contributed by atoms with E-state index in [4.69, 9.17) is 15.2 Å². The summed E-state index contributed by atoms with van der Waals surface area (Å²) in [6.45, 7) is 1.52. The van der Waals surface area contributed by atoms with Crippen molar-refractivity contribution < 1.29 is 9.47 Å². The van der Waals surface area contributed by atoms with E-state index < -0.39 is 0 Å². The van der Waals surface area contributed by atoms with Crippen LogP contribution < -0.4 is 15.8 Å². The van der Waals surface area contributed by atoms with Gasteiger partial charge in [0, 0.05) is 25.6 Å². The highest BCUT2D eigenvalue weighted by Crippen LogP contribution is 2.31. The molecule has 3 N–H and O–H groups in total. The molecule has 0 saturated carbocycles. The quantitative estimate of drug-likeness (QED) is 0.771. The van der Waals surface area contributed by atoms with E-state index in [0.29, 0.717) is 5.82 Å². The second-order valence-corrected chi connectivity index (χ2v) is 4.10. The highest BCUT2D eigenvalue weighted by Gasteiger charge is 2.08. The van der Waals surface area contributed by atoms with Gasteiger partial charge in [-0.2, -0.15) is 0 Å². The molecule has 0 aliphatic rings. The number of rotatable bonds is 6. The van der Waals surface area contributed by atoms with Crippen LogP contribution in [0.3, 0.4) is 0 Å². The molecule has 2 aromatic rings. The van der Waals surface area contributed by atoms with Crippen LogP contribution in [0.15, 0.2) is 18.5 Å². The molecule has 6 nitrogen and oxygen atoms in total.